The minimum atomic E-state index is -4.43. The van der Waals surface area contributed by atoms with E-state index in [0.717, 1.165) is 23.9 Å². The molecule has 136 valence electrons. The molecule has 25 heavy (non-hydrogen) atoms. The van der Waals surface area contributed by atoms with Gasteiger partial charge in [-0.05, 0) is 43.4 Å². The lowest BCUT2D eigenvalue weighted by Crippen LogP contribution is -2.44. The number of carbonyl (C=O) groups is 1. The van der Waals surface area contributed by atoms with Gasteiger partial charge in [0.15, 0.2) is 0 Å². The second-order valence-electron chi connectivity index (χ2n) is 6.31. The standard InChI is InChI=1S/C17H20F3N3O2/c1-11(25-10-17(18,19)20)16(24)23-7-4-12(5-8-23)14-9-22-15-13(14)3-2-6-21-15/h2-3,6,9,11-12H,4-5,7-8,10H2,1H3,(H,21,22). The maximum atomic E-state index is 12.2. The summed E-state index contributed by atoms with van der Waals surface area (Å²) in [4.78, 5) is 21.3. The third kappa shape index (κ3) is 4.12. The second kappa shape index (κ2) is 7.03. The lowest BCUT2D eigenvalue weighted by molar-refractivity contribution is -0.188. The topological polar surface area (TPSA) is 58.2 Å². The van der Waals surface area contributed by atoms with E-state index in [1.807, 2.05) is 18.3 Å². The Kier molecular flexibility index (Phi) is 4.99. The van der Waals surface area contributed by atoms with Crippen LogP contribution in [-0.2, 0) is 9.53 Å². The SMILES string of the molecule is CC(OCC(F)(F)F)C(=O)N1CCC(c2c[nH]c3ncccc23)CC1. The first-order valence-electron chi connectivity index (χ1n) is 8.24. The Morgan fingerprint density at radius 3 is 2.84 bits per heavy atom. The number of carbonyl (C=O) groups excluding carboxylic acids is 1. The van der Waals surface area contributed by atoms with Crippen molar-refractivity contribution in [3.63, 3.8) is 0 Å². The van der Waals surface area contributed by atoms with Crippen LogP contribution >= 0.6 is 0 Å². The number of hydrogen-bond acceptors (Lipinski definition) is 3. The van der Waals surface area contributed by atoms with Gasteiger partial charge < -0.3 is 14.6 Å². The van der Waals surface area contributed by atoms with E-state index in [4.69, 9.17) is 0 Å². The first-order valence-corrected chi connectivity index (χ1v) is 8.24. The summed E-state index contributed by atoms with van der Waals surface area (Å²) >= 11 is 0. The number of aromatic amines is 1. The normalized spacial score (nSPS) is 17.8. The molecular weight excluding hydrogens is 335 g/mol. The number of halogens is 3. The predicted molar refractivity (Wildman–Crippen MR) is 86.1 cm³/mol. The van der Waals surface area contributed by atoms with Gasteiger partial charge in [-0.2, -0.15) is 13.2 Å². The van der Waals surface area contributed by atoms with E-state index in [-0.39, 0.29) is 5.91 Å². The summed E-state index contributed by atoms with van der Waals surface area (Å²) in [5, 5.41) is 1.08. The molecule has 1 unspecified atom stereocenters. The molecule has 1 amide bonds. The summed E-state index contributed by atoms with van der Waals surface area (Å²) in [6, 6.07) is 3.90. The van der Waals surface area contributed by atoms with E-state index in [0.29, 0.717) is 19.0 Å². The van der Waals surface area contributed by atoms with Crippen molar-refractivity contribution < 1.29 is 22.7 Å². The summed E-state index contributed by atoms with van der Waals surface area (Å²) < 4.78 is 41.2. The van der Waals surface area contributed by atoms with Gasteiger partial charge in [-0.15, -0.1) is 0 Å². The molecule has 2 aromatic heterocycles. The molecule has 1 saturated heterocycles. The number of rotatable bonds is 4. The van der Waals surface area contributed by atoms with Crippen LogP contribution < -0.4 is 0 Å². The quantitative estimate of drug-likeness (QED) is 0.916. The molecule has 2 aromatic rings. The van der Waals surface area contributed by atoms with Gasteiger partial charge in [0, 0.05) is 30.9 Å². The van der Waals surface area contributed by atoms with Crippen molar-refractivity contribution in [2.24, 2.45) is 0 Å². The maximum absolute atomic E-state index is 12.2. The summed E-state index contributed by atoms with van der Waals surface area (Å²) in [7, 11) is 0. The molecule has 1 N–H and O–H groups in total. The minimum Gasteiger partial charge on any atom is -0.359 e. The number of hydrogen-bond donors (Lipinski definition) is 1. The monoisotopic (exact) mass is 355 g/mol. The van der Waals surface area contributed by atoms with E-state index in [1.54, 1.807) is 11.1 Å². The zero-order valence-corrected chi connectivity index (χ0v) is 13.8. The van der Waals surface area contributed by atoms with Crippen LogP contribution in [0.4, 0.5) is 13.2 Å². The zero-order valence-electron chi connectivity index (χ0n) is 13.8. The van der Waals surface area contributed by atoms with Crippen molar-refractivity contribution in [3.05, 3.63) is 30.1 Å². The Hall–Kier alpha value is -2.09. The number of ether oxygens (including phenoxy) is 1. The number of H-pyrrole nitrogens is 1. The number of aromatic nitrogens is 2. The van der Waals surface area contributed by atoms with Crippen LogP contribution in [0.25, 0.3) is 11.0 Å². The van der Waals surface area contributed by atoms with Crippen LogP contribution in [0.2, 0.25) is 0 Å². The molecule has 8 heteroatoms. The Labute approximate surface area is 143 Å². The summed E-state index contributed by atoms with van der Waals surface area (Å²) in [5.74, 6) is -0.0864. The van der Waals surface area contributed by atoms with Gasteiger partial charge in [0.05, 0.1) is 0 Å². The highest BCUT2D eigenvalue weighted by atomic mass is 19.4. The molecule has 0 aromatic carbocycles. The second-order valence-corrected chi connectivity index (χ2v) is 6.31. The van der Waals surface area contributed by atoms with E-state index in [9.17, 15) is 18.0 Å². The summed E-state index contributed by atoms with van der Waals surface area (Å²) in [6.45, 7) is 0.983. The highest BCUT2D eigenvalue weighted by molar-refractivity contribution is 5.81. The highest BCUT2D eigenvalue weighted by Gasteiger charge is 2.32. The Morgan fingerprint density at radius 1 is 1.44 bits per heavy atom. The van der Waals surface area contributed by atoms with E-state index in [1.165, 1.54) is 12.5 Å². The van der Waals surface area contributed by atoms with Crippen molar-refractivity contribution >= 4 is 16.9 Å². The maximum Gasteiger partial charge on any atom is 0.411 e. The van der Waals surface area contributed by atoms with Crippen LogP contribution in [-0.4, -0.2) is 52.8 Å². The van der Waals surface area contributed by atoms with Crippen molar-refractivity contribution in [3.8, 4) is 0 Å². The molecular formula is C17H20F3N3O2. The van der Waals surface area contributed by atoms with Gasteiger partial charge in [-0.25, -0.2) is 4.98 Å². The number of nitrogens with zero attached hydrogens (tertiary/aromatic N) is 2. The van der Waals surface area contributed by atoms with Crippen LogP contribution in [0.1, 0.15) is 31.2 Å². The molecule has 1 fully saturated rings. The minimum absolute atomic E-state index is 0.299. The van der Waals surface area contributed by atoms with Crippen molar-refractivity contribution in [2.45, 2.75) is 38.0 Å². The van der Waals surface area contributed by atoms with Crippen molar-refractivity contribution in [1.29, 1.82) is 0 Å². The number of amides is 1. The van der Waals surface area contributed by atoms with Crippen molar-refractivity contribution in [1.82, 2.24) is 14.9 Å². The molecule has 0 spiro atoms. The molecule has 5 nitrogen and oxygen atoms in total. The number of alkyl halides is 3. The predicted octanol–water partition coefficient (Wildman–Crippen LogP) is 3.24. The first kappa shape index (κ1) is 17.7. The molecule has 1 aliphatic heterocycles. The van der Waals surface area contributed by atoms with Crippen LogP contribution in [0.15, 0.2) is 24.5 Å². The number of pyridine rings is 1. The van der Waals surface area contributed by atoms with E-state index < -0.39 is 18.9 Å². The van der Waals surface area contributed by atoms with Crippen LogP contribution in [0.3, 0.4) is 0 Å². The smallest absolute Gasteiger partial charge is 0.359 e. The Balaban J connectivity index is 1.57. The number of nitrogens with one attached hydrogen (secondary N) is 1. The number of likely N-dealkylation sites (tertiary alicyclic amines) is 1. The van der Waals surface area contributed by atoms with Crippen LogP contribution in [0.5, 0.6) is 0 Å². The zero-order chi connectivity index (χ0) is 18.0. The lowest BCUT2D eigenvalue weighted by atomic mass is 9.89. The molecule has 3 heterocycles. The Bertz CT molecular complexity index is 736. The summed E-state index contributed by atoms with van der Waals surface area (Å²) in [5.41, 5.74) is 2.02. The Morgan fingerprint density at radius 2 is 2.16 bits per heavy atom. The van der Waals surface area contributed by atoms with E-state index >= 15 is 0 Å². The molecule has 0 radical (unpaired) electrons. The molecule has 0 aliphatic carbocycles. The third-order valence-electron chi connectivity index (χ3n) is 4.57. The highest BCUT2D eigenvalue weighted by Crippen LogP contribution is 2.32. The van der Waals surface area contributed by atoms with Gasteiger partial charge in [0.2, 0.25) is 0 Å². The fourth-order valence-electron chi connectivity index (χ4n) is 3.27. The number of piperidine rings is 1. The largest absolute Gasteiger partial charge is 0.411 e. The average Bonchev–Trinajstić information content (AvgIpc) is 3.02. The number of fused-ring (bicyclic) bond motifs is 1. The van der Waals surface area contributed by atoms with Gasteiger partial charge in [-0.1, -0.05) is 0 Å². The van der Waals surface area contributed by atoms with Gasteiger partial charge in [0.1, 0.15) is 18.4 Å². The van der Waals surface area contributed by atoms with Gasteiger partial charge >= 0.3 is 6.18 Å². The lowest BCUT2D eigenvalue weighted by Gasteiger charge is -2.33. The van der Waals surface area contributed by atoms with Gasteiger partial charge in [0.25, 0.3) is 5.91 Å². The molecule has 1 aliphatic rings. The fourth-order valence-corrected chi connectivity index (χ4v) is 3.27. The third-order valence-corrected chi connectivity index (χ3v) is 4.57. The van der Waals surface area contributed by atoms with Crippen LogP contribution in [0, 0.1) is 0 Å². The molecule has 0 bridgehead atoms. The average molecular weight is 355 g/mol. The van der Waals surface area contributed by atoms with E-state index in [2.05, 4.69) is 14.7 Å². The molecule has 1 atom stereocenters. The molecule has 0 saturated carbocycles. The first-order chi connectivity index (χ1) is 11.8. The summed E-state index contributed by atoms with van der Waals surface area (Å²) in [6.07, 6.45) is -0.305. The fraction of sp³-hybridized carbons (Fsp3) is 0.529. The van der Waals surface area contributed by atoms with Crippen molar-refractivity contribution in [2.75, 3.05) is 19.7 Å². The molecule has 3 rings (SSSR count). The van der Waals surface area contributed by atoms with Gasteiger partial charge in [-0.3, -0.25) is 4.79 Å².